The van der Waals surface area contributed by atoms with E-state index in [0.717, 1.165) is 18.0 Å². The molecule has 0 amide bonds. The van der Waals surface area contributed by atoms with Crippen LogP contribution in [-0.4, -0.2) is 27.1 Å². The summed E-state index contributed by atoms with van der Waals surface area (Å²) in [6.07, 6.45) is 1.68. The average molecular weight is 226 g/mol. The summed E-state index contributed by atoms with van der Waals surface area (Å²) >= 11 is 1.70. The van der Waals surface area contributed by atoms with Gasteiger partial charge in [-0.3, -0.25) is 9.48 Å². The first-order valence-corrected chi connectivity index (χ1v) is 6.43. The van der Waals surface area contributed by atoms with E-state index in [0.29, 0.717) is 11.7 Å². The van der Waals surface area contributed by atoms with Crippen LogP contribution in [0.4, 0.5) is 0 Å². The zero-order valence-corrected chi connectivity index (χ0v) is 10.4. The molecule has 0 unspecified atom stereocenters. The molecule has 15 heavy (non-hydrogen) atoms. The Morgan fingerprint density at radius 2 is 2.33 bits per heavy atom. The van der Waals surface area contributed by atoms with Crippen molar-refractivity contribution < 1.29 is 4.79 Å². The molecule has 0 spiro atoms. The van der Waals surface area contributed by atoms with E-state index in [1.54, 1.807) is 28.7 Å². The van der Waals surface area contributed by atoms with Crippen LogP contribution in [0.1, 0.15) is 31.3 Å². The number of rotatable bonds is 6. The summed E-state index contributed by atoms with van der Waals surface area (Å²) in [5.74, 6) is 2.41. The summed E-state index contributed by atoms with van der Waals surface area (Å²) in [6, 6.07) is 1.79. The molecule has 0 saturated carbocycles. The number of nitrogens with zero attached hydrogens (tertiary/aromatic N) is 2. The number of ketones is 1. The summed E-state index contributed by atoms with van der Waals surface area (Å²) < 4.78 is 1.75. The number of thioether (sulfide) groups is 1. The lowest BCUT2D eigenvalue weighted by atomic mass is 10.3. The smallest absolute Gasteiger partial charge is 0.190 e. The summed E-state index contributed by atoms with van der Waals surface area (Å²) in [5.41, 5.74) is 0.730. The van der Waals surface area contributed by atoms with Gasteiger partial charge >= 0.3 is 0 Å². The molecule has 0 bridgehead atoms. The van der Waals surface area contributed by atoms with Crippen LogP contribution in [0.3, 0.4) is 0 Å². The van der Waals surface area contributed by atoms with E-state index in [1.807, 2.05) is 6.92 Å². The van der Waals surface area contributed by atoms with E-state index in [2.05, 4.69) is 18.9 Å². The number of carbonyl (C=O) groups excluding carboxylic acids is 1. The third-order valence-corrected chi connectivity index (χ3v) is 3.35. The first-order valence-electron chi connectivity index (χ1n) is 5.28. The highest BCUT2D eigenvalue weighted by molar-refractivity contribution is 7.99. The number of hydrogen-bond acceptors (Lipinski definition) is 3. The van der Waals surface area contributed by atoms with Crippen LogP contribution in [0, 0.1) is 5.92 Å². The monoisotopic (exact) mass is 226 g/mol. The minimum absolute atomic E-state index is 0.181. The van der Waals surface area contributed by atoms with Gasteiger partial charge in [-0.2, -0.15) is 16.9 Å². The van der Waals surface area contributed by atoms with Crippen LogP contribution in [0.15, 0.2) is 12.3 Å². The van der Waals surface area contributed by atoms with Crippen LogP contribution >= 0.6 is 11.8 Å². The molecule has 1 aromatic heterocycles. The van der Waals surface area contributed by atoms with Crippen molar-refractivity contribution in [3.8, 4) is 0 Å². The molecule has 0 aromatic carbocycles. The molecule has 0 aliphatic carbocycles. The van der Waals surface area contributed by atoms with Crippen molar-refractivity contribution >= 4 is 17.5 Å². The molecule has 0 atom stereocenters. The fraction of sp³-hybridized carbons (Fsp3) is 0.636. The number of hydrogen-bond donors (Lipinski definition) is 0. The Labute approximate surface area is 95.2 Å². The molecule has 4 heteroatoms. The Morgan fingerprint density at radius 3 is 2.93 bits per heavy atom. The number of carbonyl (C=O) groups is 1. The molecule has 0 saturated heterocycles. The summed E-state index contributed by atoms with van der Waals surface area (Å²) in [7, 11) is 0. The molecule has 0 aliphatic rings. The van der Waals surface area contributed by atoms with Gasteiger partial charge in [-0.1, -0.05) is 13.8 Å². The number of aromatic nitrogens is 2. The maximum absolute atomic E-state index is 11.8. The average Bonchev–Trinajstić information content (AvgIpc) is 2.64. The molecule has 1 rings (SSSR count). The van der Waals surface area contributed by atoms with Gasteiger partial charge in [0.1, 0.15) is 5.69 Å². The molecule has 84 valence electrons. The minimum Gasteiger partial charge on any atom is -0.292 e. The minimum atomic E-state index is 0.181. The van der Waals surface area contributed by atoms with Crippen LogP contribution in [0.2, 0.25) is 0 Å². The second-order valence-corrected chi connectivity index (χ2v) is 4.89. The third-order valence-electron chi connectivity index (χ3n) is 1.99. The molecular formula is C11H18N2OS. The van der Waals surface area contributed by atoms with Crippen molar-refractivity contribution in [3.63, 3.8) is 0 Å². The zero-order chi connectivity index (χ0) is 11.3. The largest absolute Gasteiger partial charge is 0.292 e. The normalized spacial score (nSPS) is 10.9. The van der Waals surface area contributed by atoms with Gasteiger partial charge in [0.15, 0.2) is 5.78 Å². The molecule has 1 aromatic rings. The van der Waals surface area contributed by atoms with Gasteiger partial charge in [-0.15, -0.1) is 0 Å². The predicted octanol–water partition coefficient (Wildman–Crippen LogP) is 2.47. The number of Topliss-reactive ketones (excluding diaryl/α,β-unsaturated/α-hetero) is 1. The van der Waals surface area contributed by atoms with Crippen molar-refractivity contribution in [2.24, 2.45) is 5.92 Å². The van der Waals surface area contributed by atoms with Gasteiger partial charge < -0.3 is 0 Å². The van der Waals surface area contributed by atoms with Gasteiger partial charge in [0.05, 0.1) is 5.75 Å². The van der Waals surface area contributed by atoms with Crippen LogP contribution in [0.5, 0.6) is 0 Å². The van der Waals surface area contributed by atoms with E-state index in [9.17, 15) is 4.79 Å². The van der Waals surface area contributed by atoms with E-state index >= 15 is 0 Å². The van der Waals surface area contributed by atoms with Gasteiger partial charge in [-0.25, -0.2) is 0 Å². The third kappa shape index (κ3) is 3.70. The van der Waals surface area contributed by atoms with Crippen molar-refractivity contribution in [3.05, 3.63) is 18.0 Å². The van der Waals surface area contributed by atoms with Gasteiger partial charge in [-0.05, 0) is 24.7 Å². The lowest BCUT2D eigenvalue weighted by Crippen LogP contribution is -2.12. The Balaban J connectivity index is 2.47. The molecular weight excluding hydrogens is 208 g/mol. The zero-order valence-electron chi connectivity index (χ0n) is 9.56. The van der Waals surface area contributed by atoms with Crippen LogP contribution < -0.4 is 0 Å². The molecule has 3 nitrogen and oxygen atoms in total. The highest BCUT2D eigenvalue weighted by Crippen LogP contribution is 2.10. The maximum Gasteiger partial charge on any atom is 0.190 e. The molecule has 0 N–H and O–H groups in total. The van der Waals surface area contributed by atoms with Gasteiger partial charge in [0.2, 0.25) is 0 Å². The molecule has 1 heterocycles. The highest BCUT2D eigenvalue weighted by atomic mass is 32.2. The Bertz CT molecular complexity index is 320. The van der Waals surface area contributed by atoms with Crippen molar-refractivity contribution in [2.75, 3.05) is 11.5 Å². The second-order valence-electron chi connectivity index (χ2n) is 3.86. The highest BCUT2D eigenvalue weighted by Gasteiger charge is 2.10. The van der Waals surface area contributed by atoms with Crippen molar-refractivity contribution in [1.82, 2.24) is 9.78 Å². The topological polar surface area (TPSA) is 34.9 Å². The van der Waals surface area contributed by atoms with Gasteiger partial charge in [0, 0.05) is 12.7 Å². The van der Waals surface area contributed by atoms with Crippen molar-refractivity contribution in [1.29, 1.82) is 0 Å². The summed E-state index contributed by atoms with van der Waals surface area (Å²) in [4.78, 5) is 11.8. The standard InChI is InChI=1S/C11H18N2OS/c1-4-13-10(5-6-12-13)11(14)8-15-7-9(2)3/h5-6,9H,4,7-8H2,1-3H3. The molecule has 0 radical (unpaired) electrons. The first-order chi connectivity index (χ1) is 7.15. The Morgan fingerprint density at radius 1 is 1.60 bits per heavy atom. The maximum atomic E-state index is 11.8. The quantitative estimate of drug-likeness (QED) is 0.699. The van der Waals surface area contributed by atoms with Gasteiger partial charge in [0.25, 0.3) is 0 Å². The first kappa shape index (κ1) is 12.3. The van der Waals surface area contributed by atoms with E-state index in [-0.39, 0.29) is 5.78 Å². The van der Waals surface area contributed by atoms with E-state index in [4.69, 9.17) is 0 Å². The molecule has 0 aliphatic heterocycles. The van der Waals surface area contributed by atoms with Crippen LogP contribution in [-0.2, 0) is 6.54 Å². The molecule has 0 fully saturated rings. The van der Waals surface area contributed by atoms with E-state index in [1.165, 1.54) is 0 Å². The Hall–Kier alpha value is -0.770. The SMILES string of the molecule is CCn1nccc1C(=O)CSCC(C)C. The lowest BCUT2D eigenvalue weighted by Gasteiger charge is -2.05. The summed E-state index contributed by atoms with van der Waals surface area (Å²) in [5, 5.41) is 4.09. The fourth-order valence-corrected chi connectivity index (χ4v) is 2.21. The van der Waals surface area contributed by atoms with Crippen molar-refractivity contribution in [2.45, 2.75) is 27.3 Å². The fourth-order valence-electron chi connectivity index (χ4n) is 1.28. The lowest BCUT2D eigenvalue weighted by molar-refractivity contribution is 0.101. The second kappa shape index (κ2) is 5.95. The number of aryl methyl sites for hydroxylation is 1. The van der Waals surface area contributed by atoms with Crippen LogP contribution in [0.25, 0.3) is 0 Å². The Kier molecular flexibility index (Phi) is 4.88. The predicted molar refractivity (Wildman–Crippen MR) is 64.4 cm³/mol. The summed E-state index contributed by atoms with van der Waals surface area (Å²) in [6.45, 7) is 7.06. The van der Waals surface area contributed by atoms with E-state index < -0.39 is 0 Å².